The van der Waals surface area contributed by atoms with Gasteiger partial charge in [-0.25, -0.2) is 14.6 Å². The highest BCUT2D eigenvalue weighted by atomic mass is 35.5. The summed E-state index contributed by atoms with van der Waals surface area (Å²) in [6.45, 7) is 2.01. The molecule has 1 saturated heterocycles. The van der Waals surface area contributed by atoms with Gasteiger partial charge in [-0.05, 0) is 42.4 Å². The Balaban J connectivity index is 1.69. The van der Waals surface area contributed by atoms with Crippen LogP contribution in [0.1, 0.15) is 17.5 Å². The van der Waals surface area contributed by atoms with Gasteiger partial charge in [0.15, 0.2) is 0 Å². The highest BCUT2D eigenvalue weighted by Gasteiger charge is 2.49. The second-order valence-corrected chi connectivity index (χ2v) is 6.60. The lowest BCUT2D eigenvalue weighted by Gasteiger charge is -2.35. The van der Waals surface area contributed by atoms with Gasteiger partial charge in [-0.2, -0.15) is 13.2 Å². The fourth-order valence-corrected chi connectivity index (χ4v) is 2.94. The number of benzene rings is 1. The van der Waals surface area contributed by atoms with Crippen molar-refractivity contribution in [1.29, 1.82) is 0 Å². The molecule has 154 valence electrons. The van der Waals surface area contributed by atoms with E-state index in [2.05, 4.69) is 5.59 Å². The maximum absolute atomic E-state index is 13.4. The summed E-state index contributed by atoms with van der Waals surface area (Å²) in [5.41, 5.74) is 1.96. The molecule has 1 fully saturated rings. The molecule has 0 radical (unpaired) electrons. The zero-order valence-electron chi connectivity index (χ0n) is 14.6. The van der Waals surface area contributed by atoms with Gasteiger partial charge in [-0.15, -0.1) is 0 Å². The summed E-state index contributed by atoms with van der Waals surface area (Å²) in [4.78, 5) is 16.9. The van der Waals surface area contributed by atoms with Crippen LogP contribution in [0.25, 0.3) is 6.08 Å². The van der Waals surface area contributed by atoms with E-state index in [-0.39, 0.29) is 16.3 Å². The molecule has 2 heterocycles. The van der Waals surface area contributed by atoms with Crippen LogP contribution < -0.4 is 10.3 Å². The Kier molecular flexibility index (Phi) is 6.12. The van der Waals surface area contributed by atoms with E-state index >= 15 is 0 Å². The summed E-state index contributed by atoms with van der Waals surface area (Å²) in [6, 6.07) is 2.85. The van der Waals surface area contributed by atoms with Crippen LogP contribution >= 0.6 is 11.6 Å². The molecule has 2 N–H and O–H groups in total. The number of nitrogens with one attached hydrogen (secondary N) is 1. The molecule has 12 heteroatoms. The van der Waals surface area contributed by atoms with E-state index in [0.29, 0.717) is 23.9 Å². The minimum absolute atomic E-state index is 0.00772. The van der Waals surface area contributed by atoms with Crippen LogP contribution in [-0.4, -0.2) is 53.6 Å². The van der Waals surface area contributed by atoms with Crippen LogP contribution in [0.2, 0.25) is 5.02 Å². The highest BCUT2D eigenvalue weighted by Crippen LogP contribution is 2.40. The Labute approximate surface area is 162 Å². The first-order chi connectivity index (χ1) is 13.2. The van der Waals surface area contributed by atoms with Gasteiger partial charge in [-0.3, -0.25) is 5.21 Å². The number of fused-ring (bicyclic) bond motifs is 1. The van der Waals surface area contributed by atoms with Crippen LogP contribution in [0.15, 0.2) is 17.7 Å². The van der Waals surface area contributed by atoms with Crippen LogP contribution in [0.4, 0.5) is 13.2 Å². The number of ether oxygens (including phenoxy) is 2. The van der Waals surface area contributed by atoms with Gasteiger partial charge in [0, 0.05) is 23.7 Å². The molecule has 0 aromatic heterocycles. The quantitative estimate of drug-likeness (QED) is 0.313. The number of aryl methyl sites for hydroxylation is 1. The summed E-state index contributed by atoms with van der Waals surface area (Å²) in [5.74, 6) is -1.28. The van der Waals surface area contributed by atoms with Gasteiger partial charge >= 0.3 is 12.1 Å². The number of hydrazine groups is 2. The molecule has 1 atom stereocenters. The SMILES string of the molecule is Cc1cc(Cl)cc2c1O[C@H](C(F)(F)F)C(C(=O)OCONN(O)N1CCC1)=C2. The largest absolute Gasteiger partial charge is 0.475 e. The maximum atomic E-state index is 13.4. The zero-order valence-corrected chi connectivity index (χ0v) is 15.4. The summed E-state index contributed by atoms with van der Waals surface area (Å²) >= 11 is 5.93. The van der Waals surface area contributed by atoms with E-state index in [1.165, 1.54) is 17.1 Å². The molecular weight excluding hydrogens is 407 g/mol. The fourth-order valence-electron chi connectivity index (χ4n) is 2.65. The van der Waals surface area contributed by atoms with Crippen LogP contribution in [0.5, 0.6) is 5.75 Å². The maximum Gasteiger partial charge on any atom is 0.430 e. The highest BCUT2D eigenvalue weighted by molar-refractivity contribution is 6.30. The molecule has 0 saturated carbocycles. The lowest BCUT2D eigenvalue weighted by Crippen LogP contribution is -2.55. The number of carbonyl (C=O) groups excluding carboxylic acids is 1. The standard InChI is InChI=1S/C16H17ClF3N3O5/c1-9-5-11(17)6-10-7-12(14(16(18,19)20)28-13(9)10)15(24)26-8-27-21-23(25)22-3-2-4-22/h5-7,14,21,25H,2-4,8H2,1H3/t14-/m0/s1. The molecule has 28 heavy (non-hydrogen) atoms. The summed E-state index contributed by atoms with van der Waals surface area (Å²) in [5, 5.41) is 11.8. The number of halogens is 4. The first-order valence-corrected chi connectivity index (χ1v) is 8.58. The molecule has 0 spiro atoms. The second-order valence-electron chi connectivity index (χ2n) is 6.16. The molecular formula is C16H17ClF3N3O5. The van der Waals surface area contributed by atoms with Gasteiger partial charge in [0.05, 0.1) is 5.57 Å². The monoisotopic (exact) mass is 423 g/mol. The average Bonchev–Trinajstić information content (AvgIpc) is 2.54. The molecule has 3 rings (SSSR count). The van der Waals surface area contributed by atoms with E-state index in [1.807, 2.05) is 0 Å². The molecule has 8 nitrogen and oxygen atoms in total. The minimum Gasteiger partial charge on any atom is -0.475 e. The molecule has 2 aliphatic rings. The van der Waals surface area contributed by atoms with Gasteiger partial charge in [0.2, 0.25) is 12.9 Å². The van der Waals surface area contributed by atoms with Crippen molar-refractivity contribution in [1.82, 2.24) is 15.9 Å². The van der Waals surface area contributed by atoms with E-state index in [1.54, 1.807) is 6.92 Å². The number of nitrogens with zero attached hydrogens (tertiary/aromatic N) is 2. The minimum atomic E-state index is -4.84. The predicted molar refractivity (Wildman–Crippen MR) is 89.6 cm³/mol. The van der Waals surface area contributed by atoms with Crippen molar-refractivity contribution in [2.75, 3.05) is 19.9 Å². The number of esters is 1. The third-order valence-corrected chi connectivity index (χ3v) is 4.34. The van der Waals surface area contributed by atoms with Crippen molar-refractivity contribution in [3.8, 4) is 5.75 Å². The fraction of sp³-hybridized carbons (Fsp3) is 0.438. The van der Waals surface area contributed by atoms with Gasteiger partial charge in [0.25, 0.3) is 0 Å². The Bertz CT molecular complexity index is 786. The molecule has 0 unspecified atom stereocenters. The zero-order chi connectivity index (χ0) is 20.5. The van der Waals surface area contributed by atoms with E-state index in [0.717, 1.165) is 12.5 Å². The number of hydrogen-bond donors (Lipinski definition) is 2. The van der Waals surface area contributed by atoms with Crippen molar-refractivity contribution in [3.63, 3.8) is 0 Å². The predicted octanol–water partition coefficient (Wildman–Crippen LogP) is 2.60. The molecule has 0 aliphatic carbocycles. The van der Waals surface area contributed by atoms with Gasteiger partial charge in [-0.1, -0.05) is 17.2 Å². The van der Waals surface area contributed by atoms with E-state index in [4.69, 9.17) is 25.9 Å². The number of rotatable bonds is 6. The lowest BCUT2D eigenvalue weighted by atomic mass is 9.99. The van der Waals surface area contributed by atoms with Crippen molar-refractivity contribution in [3.05, 3.63) is 33.9 Å². The molecule has 1 aromatic carbocycles. The van der Waals surface area contributed by atoms with Crippen LogP contribution in [-0.2, 0) is 14.4 Å². The third kappa shape index (κ3) is 4.57. The summed E-state index contributed by atoms with van der Waals surface area (Å²) in [6.07, 6.45) is -5.40. The molecule has 2 aliphatic heterocycles. The first-order valence-electron chi connectivity index (χ1n) is 8.20. The Morgan fingerprint density at radius 2 is 2.18 bits per heavy atom. The Morgan fingerprint density at radius 3 is 2.79 bits per heavy atom. The summed E-state index contributed by atoms with van der Waals surface area (Å²) < 4.78 is 49.9. The smallest absolute Gasteiger partial charge is 0.430 e. The molecule has 0 amide bonds. The van der Waals surface area contributed by atoms with Crippen molar-refractivity contribution < 1.29 is 37.5 Å². The van der Waals surface area contributed by atoms with Crippen molar-refractivity contribution >= 4 is 23.6 Å². The lowest BCUT2D eigenvalue weighted by molar-refractivity contribution is -0.367. The van der Waals surface area contributed by atoms with Gasteiger partial charge in [0.1, 0.15) is 5.75 Å². The number of alkyl halides is 3. The van der Waals surface area contributed by atoms with E-state index in [9.17, 15) is 23.2 Å². The normalized spacial score (nSPS) is 19.5. The Morgan fingerprint density at radius 1 is 1.46 bits per heavy atom. The van der Waals surface area contributed by atoms with Gasteiger partial charge < -0.3 is 9.47 Å². The number of carbonyl (C=O) groups is 1. The van der Waals surface area contributed by atoms with Crippen molar-refractivity contribution in [2.24, 2.45) is 0 Å². The van der Waals surface area contributed by atoms with Crippen molar-refractivity contribution in [2.45, 2.75) is 25.6 Å². The average molecular weight is 424 g/mol. The van der Waals surface area contributed by atoms with E-state index < -0.39 is 30.6 Å². The van der Waals surface area contributed by atoms with Crippen LogP contribution in [0.3, 0.4) is 0 Å². The number of hydrogen-bond acceptors (Lipinski definition) is 8. The molecule has 0 bridgehead atoms. The first kappa shape index (κ1) is 20.8. The third-order valence-electron chi connectivity index (χ3n) is 4.13. The topological polar surface area (TPSA) is 83.5 Å². The summed E-state index contributed by atoms with van der Waals surface area (Å²) in [7, 11) is 0. The van der Waals surface area contributed by atoms with Crippen LogP contribution in [0, 0.1) is 6.92 Å². The Hall–Kier alpha value is -1.89. The molecule has 1 aromatic rings. The second kappa shape index (κ2) is 8.23.